The molecule has 0 N–H and O–H groups in total. The molecule has 0 atom stereocenters. The molecule has 0 aromatic rings. The van der Waals surface area contributed by atoms with Gasteiger partial charge in [-0.2, -0.15) is 0 Å². The molecular formula is C26H48O4. The highest BCUT2D eigenvalue weighted by atomic mass is 16.5. The molecule has 0 aliphatic rings. The van der Waals surface area contributed by atoms with Gasteiger partial charge in [0.2, 0.25) is 0 Å². The lowest BCUT2D eigenvalue weighted by Crippen LogP contribution is -2.07. The first-order valence-electron chi connectivity index (χ1n) is 12.4. The van der Waals surface area contributed by atoms with Gasteiger partial charge in [0.05, 0.1) is 13.2 Å². The molecular weight excluding hydrogens is 376 g/mol. The number of esters is 2. The van der Waals surface area contributed by atoms with E-state index in [4.69, 9.17) is 9.47 Å². The van der Waals surface area contributed by atoms with Crippen molar-refractivity contribution in [3.8, 4) is 0 Å². The summed E-state index contributed by atoms with van der Waals surface area (Å²) in [6.07, 6.45) is 18.7. The minimum atomic E-state index is -0.0629. The van der Waals surface area contributed by atoms with E-state index in [-0.39, 0.29) is 11.9 Å². The minimum Gasteiger partial charge on any atom is -0.466 e. The van der Waals surface area contributed by atoms with Crippen LogP contribution in [-0.4, -0.2) is 25.2 Å². The Kier molecular flexibility index (Phi) is 20.0. The topological polar surface area (TPSA) is 52.6 Å². The van der Waals surface area contributed by atoms with E-state index in [0.29, 0.717) is 37.9 Å². The second-order valence-electron chi connectivity index (χ2n) is 9.18. The zero-order valence-electron chi connectivity index (χ0n) is 20.3. The van der Waals surface area contributed by atoms with Gasteiger partial charge >= 0.3 is 11.9 Å². The highest BCUT2D eigenvalue weighted by Gasteiger charge is 2.04. The minimum absolute atomic E-state index is 0.0366. The fraction of sp³-hybridized carbons (Fsp3) is 0.846. The summed E-state index contributed by atoms with van der Waals surface area (Å²) in [5.41, 5.74) is 0. The zero-order chi connectivity index (χ0) is 22.5. The lowest BCUT2D eigenvalue weighted by Gasteiger charge is -2.06. The van der Waals surface area contributed by atoms with Crippen molar-refractivity contribution < 1.29 is 19.1 Å². The van der Waals surface area contributed by atoms with Crippen molar-refractivity contribution >= 4 is 11.9 Å². The van der Waals surface area contributed by atoms with Gasteiger partial charge in [0.15, 0.2) is 0 Å². The van der Waals surface area contributed by atoms with Crippen LogP contribution in [0.1, 0.15) is 118 Å². The van der Waals surface area contributed by atoms with Gasteiger partial charge in [-0.25, -0.2) is 0 Å². The summed E-state index contributed by atoms with van der Waals surface area (Å²) in [4.78, 5) is 23.1. The maximum Gasteiger partial charge on any atom is 0.305 e. The molecule has 0 amide bonds. The molecule has 0 spiro atoms. The number of hydrogen-bond donors (Lipinski definition) is 0. The molecule has 4 nitrogen and oxygen atoms in total. The van der Waals surface area contributed by atoms with Crippen LogP contribution >= 0.6 is 0 Å². The first-order chi connectivity index (χ1) is 14.4. The molecule has 176 valence electrons. The van der Waals surface area contributed by atoms with Gasteiger partial charge in [-0.3, -0.25) is 9.59 Å². The SMILES string of the molecule is CC(C)CCOC(=O)CCC/C=C/CCCCCCCCCC(=O)OCCC(C)C. The van der Waals surface area contributed by atoms with E-state index in [1.807, 2.05) is 0 Å². The Bertz CT molecular complexity index is 440. The van der Waals surface area contributed by atoms with Crippen LogP contribution in [0, 0.1) is 11.8 Å². The van der Waals surface area contributed by atoms with Crippen molar-refractivity contribution in [1.29, 1.82) is 0 Å². The van der Waals surface area contributed by atoms with Crippen LogP contribution < -0.4 is 0 Å². The maximum absolute atomic E-state index is 11.6. The molecule has 4 heteroatoms. The lowest BCUT2D eigenvalue weighted by atomic mass is 10.1. The van der Waals surface area contributed by atoms with Crippen molar-refractivity contribution in [2.24, 2.45) is 11.8 Å². The smallest absolute Gasteiger partial charge is 0.305 e. The fourth-order valence-corrected chi connectivity index (χ4v) is 2.98. The molecule has 0 saturated heterocycles. The molecule has 0 aromatic carbocycles. The molecule has 0 rings (SSSR count). The highest BCUT2D eigenvalue weighted by Crippen LogP contribution is 2.11. The second kappa shape index (κ2) is 20.9. The van der Waals surface area contributed by atoms with Gasteiger partial charge in [-0.15, -0.1) is 0 Å². The quantitative estimate of drug-likeness (QED) is 0.116. The molecule has 0 unspecified atom stereocenters. The average molecular weight is 425 g/mol. The monoisotopic (exact) mass is 424 g/mol. The van der Waals surface area contributed by atoms with Crippen LogP contribution in [0.25, 0.3) is 0 Å². The molecule has 0 saturated carbocycles. The van der Waals surface area contributed by atoms with Gasteiger partial charge in [-0.1, -0.05) is 72.0 Å². The third kappa shape index (κ3) is 23.0. The van der Waals surface area contributed by atoms with E-state index in [0.717, 1.165) is 44.9 Å². The fourth-order valence-electron chi connectivity index (χ4n) is 2.98. The van der Waals surface area contributed by atoms with Gasteiger partial charge in [0.1, 0.15) is 0 Å². The van der Waals surface area contributed by atoms with E-state index >= 15 is 0 Å². The van der Waals surface area contributed by atoms with Gasteiger partial charge < -0.3 is 9.47 Å². The summed E-state index contributed by atoms with van der Waals surface area (Å²) in [5.74, 6) is 1.07. The summed E-state index contributed by atoms with van der Waals surface area (Å²) in [6.45, 7) is 9.67. The Balaban J connectivity index is 3.30. The molecule has 0 aliphatic heterocycles. The second-order valence-corrected chi connectivity index (χ2v) is 9.18. The van der Waals surface area contributed by atoms with Gasteiger partial charge in [-0.05, 0) is 56.8 Å². The Morgan fingerprint density at radius 2 is 1.00 bits per heavy atom. The Morgan fingerprint density at radius 1 is 0.600 bits per heavy atom. The Hall–Kier alpha value is -1.32. The summed E-state index contributed by atoms with van der Waals surface area (Å²) >= 11 is 0. The normalized spacial score (nSPS) is 11.5. The Labute approximate surface area is 186 Å². The number of rotatable bonds is 20. The predicted octanol–water partition coefficient (Wildman–Crippen LogP) is 7.40. The van der Waals surface area contributed by atoms with Crippen LogP contribution in [0.3, 0.4) is 0 Å². The molecule has 0 aliphatic carbocycles. The van der Waals surface area contributed by atoms with Crippen LogP contribution in [-0.2, 0) is 19.1 Å². The standard InChI is InChI=1S/C26H48O4/c1-23(2)19-21-29-25(27)17-15-13-11-9-7-5-6-8-10-12-14-16-18-26(28)30-22-20-24(3)4/h9,11,23-24H,5-8,10,12-22H2,1-4H3/b11-9+. The van der Waals surface area contributed by atoms with E-state index in [1.165, 1.54) is 32.1 Å². The number of hydrogen-bond acceptors (Lipinski definition) is 4. The van der Waals surface area contributed by atoms with Crippen molar-refractivity contribution in [1.82, 2.24) is 0 Å². The predicted molar refractivity (Wildman–Crippen MR) is 125 cm³/mol. The first kappa shape index (κ1) is 28.7. The van der Waals surface area contributed by atoms with E-state index in [2.05, 4.69) is 39.8 Å². The molecule has 0 bridgehead atoms. The van der Waals surface area contributed by atoms with Gasteiger partial charge in [0.25, 0.3) is 0 Å². The van der Waals surface area contributed by atoms with Crippen molar-refractivity contribution in [2.75, 3.05) is 13.2 Å². The average Bonchev–Trinajstić information content (AvgIpc) is 2.67. The van der Waals surface area contributed by atoms with Crippen molar-refractivity contribution in [3.63, 3.8) is 0 Å². The Morgan fingerprint density at radius 3 is 1.50 bits per heavy atom. The van der Waals surface area contributed by atoms with E-state index < -0.39 is 0 Å². The summed E-state index contributed by atoms with van der Waals surface area (Å²) in [6, 6.07) is 0. The number of ether oxygens (including phenoxy) is 2. The van der Waals surface area contributed by atoms with Gasteiger partial charge in [0, 0.05) is 12.8 Å². The van der Waals surface area contributed by atoms with Crippen LogP contribution in [0.15, 0.2) is 12.2 Å². The molecule has 30 heavy (non-hydrogen) atoms. The summed E-state index contributed by atoms with van der Waals surface area (Å²) in [7, 11) is 0. The molecule has 0 aromatic heterocycles. The largest absolute Gasteiger partial charge is 0.466 e. The number of allylic oxidation sites excluding steroid dienone is 2. The number of carbonyl (C=O) groups is 2. The highest BCUT2D eigenvalue weighted by molar-refractivity contribution is 5.69. The molecule has 0 heterocycles. The first-order valence-corrected chi connectivity index (χ1v) is 12.4. The number of unbranched alkanes of at least 4 members (excludes halogenated alkanes) is 8. The van der Waals surface area contributed by atoms with E-state index in [1.54, 1.807) is 0 Å². The van der Waals surface area contributed by atoms with Crippen LogP contribution in [0.4, 0.5) is 0 Å². The molecule has 0 radical (unpaired) electrons. The third-order valence-corrected chi connectivity index (χ3v) is 5.09. The summed E-state index contributed by atoms with van der Waals surface area (Å²) in [5, 5.41) is 0. The van der Waals surface area contributed by atoms with Crippen molar-refractivity contribution in [2.45, 2.75) is 118 Å². The van der Waals surface area contributed by atoms with Crippen LogP contribution in [0.2, 0.25) is 0 Å². The van der Waals surface area contributed by atoms with Crippen LogP contribution in [0.5, 0.6) is 0 Å². The summed E-state index contributed by atoms with van der Waals surface area (Å²) < 4.78 is 10.4. The molecule has 0 fully saturated rings. The van der Waals surface area contributed by atoms with Crippen molar-refractivity contribution in [3.05, 3.63) is 12.2 Å². The third-order valence-electron chi connectivity index (χ3n) is 5.09. The zero-order valence-corrected chi connectivity index (χ0v) is 20.3. The maximum atomic E-state index is 11.6. The number of carbonyl (C=O) groups excluding carboxylic acids is 2. The lowest BCUT2D eigenvalue weighted by molar-refractivity contribution is -0.145. The van der Waals surface area contributed by atoms with E-state index in [9.17, 15) is 9.59 Å².